The van der Waals surface area contributed by atoms with Crippen LogP contribution in [0.1, 0.15) is 6.42 Å². The molecule has 96 valence electrons. The fourth-order valence-electron chi connectivity index (χ4n) is 1.85. The van der Waals surface area contributed by atoms with Gasteiger partial charge < -0.3 is 15.3 Å². The van der Waals surface area contributed by atoms with Gasteiger partial charge in [-0.05, 0) is 24.6 Å². The van der Waals surface area contributed by atoms with Crippen molar-refractivity contribution in [3.8, 4) is 0 Å². The van der Waals surface area contributed by atoms with E-state index in [2.05, 4.69) is 5.32 Å². The molecule has 1 fully saturated rings. The van der Waals surface area contributed by atoms with E-state index in [1.54, 1.807) is 6.07 Å². The zero-order valence-corrected chi connectivity index (χ0v) is 10.4. The Morgan fingerprint density at radius 1 is 1.33 bits per heavy atom. The molecular weight excluding hydrogens is 232 g/mol. The van der Waals surface area contributed by atoms with Crippen LogP contribution in [0.2, 0.25) is 0 Å². The molecule has 0 aromatic heterocycles. The number of hydrogen-bond acceptors (Lipinski definition) is 3. The number of rotatable bonds is 4. The van der Waals surface area contributed by atoms with Crippen molar-refractivity contribution < 1.29 is 14.7 Å². The Hall–Kier alpha value is -2.04. The zero-order chi connectivity index (χ0) is 13.3. The SMILES string of the molecule is CN(C)c1cccc(NC(=O)C2CC2C(=O)O)c1. The van der Waals surface area contributed by atoms with Crippen LogP contribution in [0.5, 0.6) is 0 Å². The van der Waals surface area contributed by atoms with Gasteiger partial charge in [0.2, 0.25) is 5.91 Å². The first-order valence-electron chi connectivity index (χ1n) is 5.80. The summed E-state index contributed by atoms with van der Waals surface area (Å²) in [5.41, 5.74) is 1.68. The van der Waals surface area contributed by atoms with Crippen LogP contribution in [-0.4, -0.2) is 31.1 Å². The number of benzene rings is 1. The second-order valence-electron chi connectivity index (χ2n) is 4.72. The van der Waals surface area contributed by atoms with Crippen molar-refractivity contribution in [3.05, 3.63) is 24.3 Å². The van der Waals surface area contributed by atoms with Crippen molar-refractivity contribution in [3.63, 3.8) is 0 Å². The molecule has 1 aromatic carbocycles. The largest absolute Gasteiger partial charge is 0.481 e. The first kappa shape index (κ1) is 12.4. The summed E-state index contributed by atoms with van der Waals surface area (Å²) in [5, 5.41) is 11.5. The molecule has 1 aliphatic carbocycles. The highest BCUT2D eigenvalue weighted by atomic mass is 16.4. The quantitative estimate of drug-likeness (QED) is 0.845. The number of carboxylic acid groups (broad SMARTS) is 1. The van der Waals surface area contributed by atoms with E-state index in [0.29, 0.717) is 12.1 Å². The number of anilines is 2. The highest BCUT2D eigenvalue weighted by Gasteiger charge is 2.48. The molecule has 5 heteroatoms. The zero-order valence-electron chi connectivity index (χ0n) is 10.4. The predicted molar refractivity (Wildman–Crippen MR) is 68.6 cm³/mol. The Morgan fingerprint density at radius 2 is 2.06 bits per heavy atom. The number of carbonyl (C=O) groups excluding carboxylic acids is 1. The highest BCUT2D eigenvalue weighted by molar-refractivity contribution is 5.98. The molecule has 0 spiro atoms. The third kappa shape index (κ3) is 2.61. The number of carboxylic acids is 1. The van der Waals surface area contributed by atoms with Crippen LogP contribution in [0.25, 0.3) is 0 Å². The van der Waals surface area contributed by atoms with E-state index >= 15 is 0 Å². The second kappa shape index (κ2) is 4.68. The lowest BCUT2D eigenvalue weighted by Crippen LogP contribution is -2.17. The molecule has 18 heavy (non-hydrogen) atoms. The van der Waals surface area contributed by atoms with Gasteiger partial charge in [0, 0.05) is 25.5 Å². The summed E-state index contributed by atoms with van der Waals surface area (Å²) in [4.78, 5) is 24.4. The summed E-state index contributed by atoms with van der Waals surface area (Å²) in [7, 11) is 3.84. The molecule has 5 nitrogen and oxygen atoms in total. The minimum Gasteiger partial charge on any atom is -0.481 e. The van der Waals surface area contributed by atoms with Gasteiger partial charge in [0.15, 0.2) is 0 Å². The monoisotopic (exact) mass is 248 g/mol. The fourth-order valence-corrected chi connectivity index (χ4v) is 1.85. The Bertz CT molecular complexity index is 485. The standard InChI is InChI=1S/C13H16N2O3/c1-15(2)9-5-3-4-8(6-9)14-12(16)10-7-11(10)13(17)18/h3-6,10-11H,7H2,1-2H3,(H,14,16)(H,17,18). The van der Waals surface area contributed by atoms with Gasteiger partial charge in [0.1, 0.15) is 0 Å². The fraction of sp³-hybridized carbons (Fsp3) is 0.385. The molecule has 0 radical (unpaired) electrons. The topological polar surface area (TPSA) is 69.6 Å². The number of nitrogens with one attached hydrogen (secondary N) is 1. The molecule has 2 unspecified atom stereocenters. The highest BCUT2D eigenvalue weighted by Crippen LogP contribution is 2.39. The van der Waals surface area contributed by atoms with Crippen LogP contribution in [-0.2, 0) is 9.59 Å². The van der Waals surface area contributed by atoms with Crippen molar-refractivity contribution in [2.75, 3.05) is 24.3 Å². The molecule has 0 heterocycles. The number of nitrogens with zero attached hydrogens (tertiary/aromatic N) is 1. The van der Waals surface area contributed by atoms with Crippen LogP contribution in [0.3, 0.4) is 0 Å². The molecule has 2 N–H and O–H groups in total. The lowest BCUT2D eigenvalue weighted by atomic mass is 10.2. The van der Waals surface area contributed by atoms with Crippen LogP contribution >= 0.6 is 0 Å². The van der Waals surface area contributed by atoms with Crippen molar-refractivity contribution in [1.29, 1.82) is 0 Å². The van der Waals surface area contributed by atoms with E-state index in [0.717, 1.165) is 5.69 Å². The van der Waals surface area contributed by atoms with Crippen molar-refractivity contribution in [1.82, 2.24) is 0 Å². The minimum absolute atomic E-state index is 0.210. The molecule has 2 rings (SSSR count). The maximum Gasteiger partial charge on any atom is 0.307 e. The first-order valence-corrected chi connectivity index (χ1v) is 5.80. The number of aliphatic carboxylic acids is 1. The van der Waals surface area contributed by atoms with Gasteiger partial charge in [-0.15, -0.1) is 0 Å². The van der Waals surface area contributed by atoms with Crippen molar-refractivity contribution >= 4 is 23.3 Å². The van der Waals surface area contributed by atoms with E-state index in [1.165, 1.54) is 0 Å². The molecular formula is C13H16N2O3. The molecule has 2 atom stereocenters. The van der Waals surface area contributed by atoms with Gasteiger partial charge in [0.25, 0.3) is 0 Å². The molecule has 0 bridgehead atoms. The van der Waals surface area contributed by atoms with Gasteiger partial charge in [-0.3, -0.25) is 9.59 Å². The Balaban J connectivity index is 2.00. The van der Waals surface area contributed by atoms with Gasteiger partial charge in [-0.25, -0.2) is 0 Å². The molecule has 1 saturated carbocycles. The summed E-state index contributed by atoms with van der Waals surface area (Å²) in [6.07, 6.45) is 0.439. The van der Waals surface area contributed by atoms with Crippen LogP contribution in [0, 0.1) is 11.8 Å². The van der Waals surface area contributed by atoms with Crippen LogP contribution < -0.4 is 10.2 Å². The minimum atomic E-state index is -0.891. The van der Waals surface area contributed by atoms with Gasteiger partial charge in [0.05, 0.1) is 11.8 Å². The molecule has 0 aliphatic heterocycles. The van der Waals surface area contributed by atoms with Gasteiger partial charge in [-0.2, -0.15) is 0 Å². The van der Waals surface area contributed by atoms with E-state index < -0.39 is 11.9 Å². The first-order chi connectivity index (χ1) is 8.49. The Morgan fingerprint density at radius 3 is 2.61 bits per heavy atom. The van der Waals surface area contributed by atoms with E-state index in [-0.39, 0.29) is 11.8 Å². The van der Waals surface area contributed by atoms with E-state index in [1.807, 2.05) is 37.2 Å². The summed E-state index contributed by atoms with van der Waals surface area (Å²) < 4.78 is 0. The second-order valence-corrected chi connectivity index (χ2v) is 4.72. The lowest BCUT2D eigenvalue weighted by molar-refractivity contribution is -0.139. The van der Waals surface area contributed by atoms with E-state index in [4.69, 9.17) is 5.11 Å². The Labute approximate surface area is 105 Å². The summed E-state index contributed by atoms with van der Waals surface area (Å²) >= 11 is 0. The lowest BCUT2D eigenvalue weighted by Gasteiger charge is -2.13. The maximum absolute atomic E-state index is 11.8. The van der Waals surface area contributed by atoms with Gasteiger partial charge in [-0.1, -0.05) is 6.07 Å². The third-order valence-electron chi connectivity index (χ3n) is 3.07. The summed E-state index contributed by atoms with van der Waals surface area (Å²) in [5.74, 6) is -2.00. The Kier molecular flexibility index (Phi) is 3.23. The summed E-state index contributed by atoms with van der Waals surface area (Å²) in [6.45, 7) is 0. The molecule has 1 amide bonds. The van der Waals surface area contributed by atoms with Gasteiger partial charge >= 0.3 is 5.97 Å². The maximum atomic E-state index is 11.8. The third-order valence-corrected chi connectivity index (χ3v) is 3.07. The normalized spacial score (nSPS) is 21.2. The van der Waals surface area contributed by atoms with Crippen LogP contribution in [0.15, 0.2) is 24.3 Å². The number of hydrogen-bond donors (Lipinski definition) is 2. The average molecular weight is 248 g/mol. The summed E-state index contributed by atoms with van der Waals surface area (Å²) in [6, 6.07) is 7.44. The average Bonchev–Trinajstić information content (AvgIpc) is 3.09. The van der Waals surface area contributed by atoms with E-state index in [9.17, 15) is 9.59 Å². The number of carbonyl (C=O) groups is 2. The van der Waals surface area contributed by atoms with Crippen molar-refractivity contribution in [2.24, 2.45) is 11.8 Å². The number of amides is 1. The van der Waals surface area contributed by atoms with Crippen LogP contribution in [0.4, 0.5) is 11.4 Å². The molecule has 0 saturated heterocycles. The van der Waals surface area contributed by atoms with Crippen molar-refractivity contribution in [2.45, 2.75) is 6.42 Å². The molecule has 1 aromatic rings. The molecule has 1 aliphatic rings. The smallest absolute Gasteiger partial charge is 0.307 e. The predicted octanol–water partition coefficient (Wildman–Crippen LogP) is 1.41.